The van der Waals surface area contributed by atoms with Crippen LogP contribution < -0.4 is 0 Å². The van der Waals surface area contributed by atoms with Crippen molar-refractivity contribution in [3.63, 3.8) is 0 Å². The van der Waals surface area contributed by atoms with E-state index in [0.29, 0.717) is 12.8 Å². The maximum Gasteiger partial charge on any atom is 0.303 e. The van der Waals surface area contributed by atoms with Gasteiger partial charge in [0.05, 0.1) is 0 Å². The molecule has 0 aliphatic heterocycles. The third kappa shape index (κ3) is 19.3. The summed E-state index contributed by atoms with van der Waals surface area (Å²) in [4.78, 5) is 21.3. The molecule has 0 saturated carbocycles. The van der Waals surface area contributed by atoms with Crippen molar-refractivity contribution in [1.82, 2.24) is 0 Å². The fourth-order valence-corrected chi connectivity index (χ4v) is 5.51. The SMILES string of the molecule is CCCCCCCCc1cccc(CCCCCCCCCC(=O)O)c1CCCCCCCCCC(=O)O. The Morgan fingerprint density at radius 2 is 0.842 bits per heavy atom. The first kappa shape index (κ1) is 34.2. The van der Waals surface area contributed by atoms with Crippen LogP contribution in [-0.4, -0.2) is 22.2 Å². The summed E-state index contributed by atoms with van der Waals surface area (Å²) < 4.78 is 0. The summed E-state index contributed by atoms with van der Waals surface area (Å²) in [6.07, 6.45) is 28.3. The van der Waals surface area contributed by atoms with Gasteiger partial charge in [-0.1, -0.05) is 121 Å². The van der Waals surface area contributed by atoms with Gasteiger partial charge in [0, 0.05) is 12.8 Å². The van der Waals surface area contributed by atoms with Gasteiger partial charge >= 0.3 is 11.9 Å². The highest BCUT2D eigenvalue weighted by atomic mass is 16.4. The van der Waals surface area contributed by atoms with Crippen molar-refractivity contribution in [3.05, 3.63) is 34.9 Å². The zero-order chi connectivity index (χ0) is 27.7. The van der Waals surface area contributed by atoms with Gasteiger partial charge in [-0.25, -0.2) is 0 Å². The second-order valence-electron chi connectivity index (χ2n) is 11.3. The molecule has 1 aromatic rings. The van der Waals surface area contributed by atoms with Gasteiger partial charge in [0.25, 0.3) is 0 Å². The molecular formula is C34H58O4. The van der Waals surface area contributed by atoms with E-state index < -0.39 is 11.9 Å². The minimum Gasteiger partial charge on any atom is -0.481 e. The number of aryl methyl sites for hydroxylation is 2. The Labute approximate surface area is 234 Å². The van der Waals surface area contributed by atoms with E-state index in [4.69, 9.17) is 10.2 Å². The van der Waals surface area contributed by atoms with Crippen molar-refractivity contribution >= 4 is 11.9 Å². The highest BCUT2D eigenvalue weighted by Crippen LogP contribution is 2.23. The molecule has 0 saturated heterocycles. The highest BCUT2D eigenvalue weighted by molar-refractivity contribution is 5.66. The molecule has 0 amide bonds. The molecule has 1 rings (SSSR count). The molecule has 218 valence electrons. The van der Waals surface area contributed by atoms with E-state index in [1.807, 2.05) is 0 Å². The lowest BCUT2D eigenvalue weighted by Gasteiger charge is -2.16. The first-order valence-corrected chi connectivity index (χ1v) is 16.1. The van der Waals surface area contributed by atoms with Crippen LogP contribution >= 0.6 is 0 Å². The predicted molar refractivity (Wildman–Crippen MR) is 160 cm³/mol. The monoisotopic (exact) mass is 530 g/mol. The Balaban J connectivity index is 2.45. The quantitative estimate of drug-likeness (QED) is 0.111. The molecular weight excluding hydrogens is 472 g/mol. The van der Waals surface area contributed by atoms with Gasteiger partial charge in [-0.3, -0.25) is 9.59 Å². The third-order valence-electron chi connectivity index (χ3n) is 7.82. The second-order valence-corrected chi connectivity index (χ2v) is 11.3. The van der Waals surface area contributed by atoms with Crippen LogP contribution in [0.3, 0.4) is 0 Å². The summed E-state index contributed by atoms with van der Waals surface area (Å²) in [5.74, 6) is -1.35. The fraction of sp³-hybridized carbons (Fsp3) is 0.765. The molecule has 38 heavy (non-hydrogen) atoms. The third-order valence-corrected chi connectivity index (χ3v) is 7.82. The van der Waals surface area contributed by atoms with Crippen LogP contribution in [0.4, 0.5) is 0 Å². The maximum absolute atomic E-state index is 10.6. The first-order valence-electron chi connectivity index (χ1n) is 16.1. The van der Waals surface area contributed by atoms with Crippen molar-refractivity contribution < 1.29 is 19.8 Å². The first-order chi connectivity index (χ1) is 18.5. The van der Waals surface area contributed by atoms with E-state index in [2.05, 4.69) is 25.1 Å². The largest absolute Gasteiger partial charge is 0.481 e. The van der Waals surface area contributed by atoms with Crippen LogP contribution in [0.2, 0.25) is 0 Å². The normalized spacial score (nSPS) is 11.2. The molecule has 4 heteroatoms. The lowest BCUT2D eigenvalue weighted by atomic mass is 9.90. The van der Waals surface area contributed by atoms with Crippen LogP contribution in [0.1, 0.15) is 165 Å². The van der Waals surface area contributed by atoms with Crippen molar-refractivity contribution in [3.8, 4) is 0 Å². The van der Waals surface area contributed by atoms with Gasteiger partial charge in [0.15, 0.2) is 0 Å². The number of benzene rings is 1. The van der Waals surface area contributed by atoms with E-state index in [0.717, 1.165) is 38.5 Å². The summed E-state index contributed by atoms with van der Waals surface area (Å²) >= 11 is 0. The summed E-state index contributed by atoms with van der Waals surface area (Å²) in [5, 5.41) is 17.5. The minimum atomic E-state index is -0.674. The summed E-state index contributed by atoms with van der Waals surface area (Å²) in [6.45, 7) is 2.28. The van der Waals surface area contributed by atoms with Crippen LogP contribution in [0, 0.1) is 0 Å². The molecule has 1 aromatic carbocycles. The van der Waals surface area contributed by atoms with Gasteiger partial charge in [-0.15, -0.1) is 0 Å². The Kier molecular flexibility index (Phi) is 21.8. The van der Waals surface area contributed by atoms with Crippen LogP contribution in [-0.2, 0) is 28.9 Å². The van der Waals surface area contributed by atoms with Crippen molar-refractivity contribution in [2.75, 3.05) is 0 Å². The van der Waals surface area contributed by atoms with E-state index in [1.54, 1.807) is 16.7 Å². The molecule has 0 fully saturated rings. The average Bonchev–Trinajstić information content (AvgIpc) is 2.89. The molecule has 0 aliphatic rings. The van der Waals surface area contributed by atoms with Gasteiger partial charge in [0.2, 0.25) is 0 Å². The smallest absolute Gasteiger partial charge is 0.303 e. The topological polar surface area (TPSA) is 74.6 Å². The molecule has 0 spiro atoms. The number of carboxylic acids is 2. The second kappa shape index (κ2) is 24.2. The number of hydrogen-bond donors (Lipinski definition) is 2. The lowest BCUT2D eigenvalue weighted by molar-refractivity contribution is -0.138. The van der Waals surface area contributed by atoms with Crippen LogP contribution in [0.15, 0.2) is 18.2 Å². The Bertz CT molecular complexity index is 727. The number of rotatable bonds is 27. The minimum absolute atomic E-state index is 0.310. The van der Waals surface area contributed by atoms with Gasteiger partial charge in [-0.05, 0) is 68.1 Å². The number of hydrogen-bond acceptors (Lipinski definition) is 2. The zero-order valence-electron chi connectivity index (χ0n) is 24.6. The van der Waals surface area contributed by atoms with Crippen LogP contribution in [0.5, 0.6) is 0 Å². The molecule has 0 heterocycles. The summed E-state index contributed by atoms with van der Waals surface area (Å²) in [7, 11) is 0. The molecule has 2 N–H and O–H groups in total. The number of carbonyl (C=O) groups is 2. The lowest BCUT2D eigenvalue weighted by Crippen LogP contribution is -2.02. The van der Waals surface area contributed by atoms with E-state index >= 15 is 0 Å². The molecule has 4 nitrogen and oxygen atoms in total. The Morgan fingerprint density at radius 3 is 1.24 bits per heavy atom. The summed E-state index contributed by atoms with van der Waals surface area (Å²) in [6, 6.07) is 7.03. The Hall–Kier alpha value is -1.84. The standard InChI is InChI=1S/C34H58O4/c1-2-3-4-5-12-17-23-30-25-22-26-31(24-18-13-8-6-10-15-20-28-33(35)36)32(30)27-19-14-9-7-11-16-21-29-34(37)38/h22,25-26H,2-21,23-24,27-29H2,1H3,(H,35,36)(H,37,38). The zero-order valence-corrected chi connectivity index (χ0v) is 24.6. The molecule has 0 atom stereocenters. The van der Waals surface area contributed by atoms with Crippen molar-refractivity contribution in [2.45, 2.75) is 167 Å². The molecule has 0 unspecified atom stereocenters. The van der Waals surface area contributed by atoms with E-state index in [-0.39, 0.29) is 0 Å². The molecule has 0 aromatic heterocycles. The van der Waals surface area contributed by atoms with Crippen LogP contribution in [0.25, 0.3) is 0 Å². The molecule has 0 bridgehead atoms. The van der Waals surface area contributed by atoms with Crippen molar-refractivity contribution in [2.24, 2.45) is 0 Å². The van der Waals surface area contributed by atoms with Crippen molar-refractivity contribution in [1.29, 1.82) is 0 Å². The van der Waals surface area contributed by atoms with E-state index in [1.165, 1.54) is 109 Å². The average molecular weight is 531 g/mol. The molecule has 0 aliphatic carbocycles. The summed E-state index contributed by atoms with van der Waals surface area (Å²) in [5.41, 5.74) is 4.80. The predicted octanol–water partition coefficient (Wildman–Crippen LogP) is 10.1. The highest BCUT2D eigenvalue weighted by Gasteiger charge is 2.09. The van der Waals surface area contributed by atoms with Gasteiger partial charge in [0.1, 0.15) is 0 Å². The van der Waals surface area contributed by atoms with Gasteiger partial charge in [-0.2, -0.15) is 0 Å². The molecule has 0 radical (unpaired) electrons. The number of carboxylic acid groups (broad SMARTS) is 2. The fourth-order valence-electron chi connectivity index (χ4n) is 5.51. The van der Waals surface area contributed by atoms with Gasteiger partial charge < -0.3 is 10.2 Å². The van der Waals surface area contributed by atoms with E-state index in [9.17, 15) is 9.59 Å². The number of aliphatic carboxylic acids is 2. The Morgan fingerprint density at radius 1 is 0.500 bits per heavy atom. The number of unbranched alkanes of at least 4 members (excludes halogenated alkanes) is 17. The maximum atomic E-state index is 10.6.